The van der Waals surface area contributed by atoms with E-state index in [0.29, 0.717) is 23.0 Å². The molecule has 1 atom stereocenters. The highest BCUT2D eigenvalue weighted by molar-refractivity contribution is 6.06. The second-order valence-electron chi connectivity index (χ2n) is 7.54. The Kier molecular flexibility index (Phi) is 5.20. The van der Waals surface area contributed by atoms with E-state index in [1.807, 2.05) is 0 Å². The lowest BCUT2D eigenvalue weighted by Gasteiger charge is -2.21. The van der Waals surface area contributed by atoms with E-state index < -0.39 is 34.9 Å². The maximum Gasteiger partial charge on any atom is 0.418 e. The predicted molar refractivity (Wildman–Crippen MR) is 110 cm³/mol. The van der Waals surface area contributed by atoms with Crippen molar-refractivity contribution in [3.8, 4) is 0 Å². The fourth-order valence-corrected chi connectivity index (χ4v) is 3.82. The number of carbonyl (C=O) groups excluding carboxylic acids is 1. The van der Waals surface area contributed by atoms with E-state index in [2.05, 4.69) is 10.3 Å². The number of alkyl halides is 4. The number of nitrogens with one attached hydrogen (secondary N) is 2. The molecule has 2 aromatic carbocycles. The molecule has 31 heavy (non-hydrogen) atoms. The summed E-state index contributed by atoms with van der Waals surface area (Å²) in [7, 11) is 0. The number of aromatic nitrogens is 1. The minimum Gasteiger partial charge on any atom is -0.368 e. The first kappa shape index (κ1) is 20.9. The molecule has 2 heterocycles. The van der Waals surface area contributed by atoms with Crippen molar-refractivity contribution < 1.29 is 22.4 Å². The highest BCUT2D eigenvalue weighted by atomic mass is 19.4. The highest BCUT2D eigenvalue weighted by Crippen LogP contribution is 2.38. The maximum absolute atomic E-state index is 13.7. The molecule has 0 bridgehead atoms. The number of amides is 1. The molecule has 0 spiro atoms. The van der Waals surface area contributed by atoms with Crippen LogP contribution in [0.3, 0.4) is 0 Å². The van der Waals surface area contributed by atoms with Crippen LogP contribution in [0.1, 0.15) is 27.9 Å². The summed E-state index contributed by atoms with van der Waals surface area (Å²) in [6.45, 7) is 2.05. The molecule has 1 aliphatic rings. The summed E-state index contributed by atoms with van der Waals surface area (Å²) >= 11 is 0. The molecule has 162 valence electrons. The van der Waals surface area contributed by atoms with Crippen LogP contribution in [0.2, 0.25) is 0 Å². The van der Waals surface area contributed by atoms with Gasteiger partial charge in [-0.3, -0.25) is 9.59 Å². The lowest BCUT2D eigenvalue weighted by Crippen LogP contribution is -2.24. The molecule has 1 fully saturated rings. The molecule has 1 aliphatic heterocycles. The zero-order valence-electron chi connectivity index (χ0n) is 16.5. The largest absolute Gasteiger partial charge is 0.418 e. The summed E-state index contributed by atoms with van der Waals surface area (Å²) in [5.41, 5.74) is -0.996. The van der Waals surface area contributed by atoms with Crippen molar-refractivity contribution in [2.75, 3.05) is 23.3 Å². The van der Waals surface area contributed by atoms with Gasteiger partial charge in [-0.25, -0.2) is 4.39 Å². The number of hydrogen-bond acceptors (Lipinski definition) is 3. The second kappa shape index (κ2) is 7.72. The summed E-state index contributed by atoms with van der Waals surface area (Å²) in [5.74, 6) is -0.949. The third-order valence-corrected chi connectivity index (χ3v) is 5.41. The summed E-state index contributed by atoms with van der Waals surface area (Å²) < 4.78 is 54.5. The zero-order valence-corrected chi connectivity index (χ0v) is 16.5. The molecule has 3 aromatic rings. The number of aryl methyl sites for hydroxylation is 1. The van der Waals surface area contributed by atoms with Crippen molar-refractivity contribution in [3.63, 3.8) is 0 Å². The third kappa shape index (κ3) is 3.99. The number of halogens is 4. The van der Waals surface area contributed by atoms with Crippen molar-refractivity contribution in [3.05, 3.63) is 69.5 Å². The summed E-state index contributed by atoms with van der Waals surface area (Å²) in [6.07, 6.45) is -4.40. The van der Waals surface area contributed by atoms with E-state index >= 15 is 0 Å². The van der Waals surface area contributed by atoms with Gasteiger partial charge in [0.1, 0.15) is 11.7 Å². The van der Waals surface area contributed by atoms with Gasteiger partial charge >= 0.3 is 6.18 Å². The lowest BCUT2D eigenvalue weighted by molar-refractivity contribution is -0.136. The smallest absolute Gasteiger partial charge is 0.368 e. The van der Waals surface area contributed by atoms with Crippen LogP contribution < -0.4 is 15.6 Å². The molecule has 5 nitrogen and oxygen atoms in total. The van der Waals surface area contributed by atoms with E-state index in [0.717, 1.165) is 12.1 Å². The van der Waals surface area contributed by atoms with Gasteiger partial charge in [0.2, 0.25) is 5.43 Å². The Morgan fingerprint density at radius 1 is 1.23 bits per heavy atom. The molecule has 0 unspecified atom stereocenters. The van der Waals surface area contributed by atoms with Gasteiger partial charge in [-0.05, 0) is 43.2 Å². The zero-order chi connectivity index (χ0) is 22.3. The molecule has 1 saturated heterocycles. The SMILES string of the molecule is Cc1cccc2[nH]cc(C(=O)Nc3ccc(N4CC[C@H](F)C4)cc3C(F)(F)F)c(=O)c12. The van der Waals surface area contributed by atoms with Crippen molar-refractivity contribution in [2.45, 2.75) is 25.7 Å². The van der Waals surface area contributed by atoms with Crippen LogP contribution in [0.4, 0.5) is 28.9 Å². The molecule has 9 heteroatoms. The van der Waals surface area contributed by atoms with Crippen LogP contribution in [0.15, 0.2) is 47.4 Å². The lowest BCUT2D eigenvalue weighted by atomic mass is 10.1. The van der Waals surface area contributed by atoms with E-state index in [1.165, 1.54) is 17.2 Å². The van der Waals surface area contributed by atoms with E-state index in [4.69, 9.17) is 0 Å². The predicted octanol–water partition coefficient (Wildman–Crippen LogP) is 4.66. The second-order valence-corrected chi connectivity index (χ2v) is 7.54. The van der Waals surface area contributed by atoms with Crippen LogP contribution in [0.5, 0.6) is 0 Å². The molecular formula is C22H19F4N3O2. The number of nitrogens with zero attached hydrogens (tertiary/aromatic N) is 1. The van der Waals surface area contributed by atoms with Gasteiger partial charge in [0, 0.05) is 35.9 Å². The first-order chi connectivity index (χ1) is 14.6. The molecular weight excluding hydrogens is 414 g/mol. The Morgan fingerprint density at radius 2 is 2.00 bits per heavy atom. The molecule has 0 radical (unpaired) electrons. The van der Waals surface area contributed by atoms with Gasteiger partial charge < -0.3 is 15.2 Å². The summed E-state index contributed by atoms with van der Waals surface area (Å²) in [4.78, 5) is 29.8. The fraction of sp³-hybridized carbons (Fsp3) is 0.273. The van der Waals surface area contributed by atoms with Gasteiger partial charge in [0.05, 0.1) is 11.3 Å². The van der Waals surface area contributed by atoms with Gasteiger partial charge in [-0.2, -0.15) is 13.2 Å². The van der Waals surface area contributed by atoms with Crippen LogP contribution in [0, 0.1) is 6.92 Å². The Labute approximate surface area is 174 Å². The molecule has 1 amide bonds. The molecule has 0 saturated carbocycles. The molecule has 4 rings (SSSR count). The number of benzene rings is 2. The Balaban J connectivity index is 1.70. The van der Waals surface area contributed by atoms with Crippen LogP contribution in [0.25, 0.3) is 10.9 Å². The number of H-pyrrole nitrogens is 1. The molecule has 1 aromatic heterocycles. The number of fused-ring (bicyclic) bond motifs is 1. The average molecular weight is 433 g/mol. The number of rotatable bonds is 3. The normalized spacial score (nSPS) is 16.7. The molecule has 2 N–H and O–H groups in total. The Morgan fingerprint density at radius 3 is 2.68 bits per heavy atom. The number of carbonyl (C=O) groups is 1. The maximum atomic E-state index is 13.7. The first-order valence-electron chi connectivity index (χ1n) is 9.68. The minimum absolute atomic E-state index is 0.0226. The quantitative estimate of drug-likeness (QED) is 0.591. The average Bonchev–Trinajstić information content (AvgIpc) is 3.14. The number of anilines is 2. The summed E-state index contributed by atoms with van der Waals surface area (Å²) in [5, 5.41) is 2.52. The number of hydrogen-bond donors (Lipinski definition) is 2. The van der Waals surface area contributed by atoms with Crippen molar-refractivity contribution >= 4 is 28.2 Å². The molecule has 0 aliphatic carbocycles. The van der Waals surface area contributed by atoms with Crippen LogP contribution in [-0.4, -0.2) is 30.2 Å². The van der Waals surface area contributed by atoms with Gasteiger partial charge in [0.25, 0.3) is 5.91 Å². The van der Waals surface area contributed by atoms with Crippen molar-refractivity contribution in [2.24, 2.45) is 0 Å². The Hall–Kier alpha value is -3.36. The third-order valence-electron chi connectivity index (χ3n) is 5.41. The first-order valence-corrected chi connectivity index (χ1v) is 9.68. The van der Waals surface area contributed by atoms with E-state index in [9.17, 15) is 27.2 Å². The minimum atomic E-state index is -4.75. The van der Waals surface area contributed by atoms with Crippen LogP contribution in [-0.2, 0) is 6.18 Å². The number of pyridine rings is 1. The Bertz CT molecular complexity index is 1220. The number of aromatic amines is 1. The monoisotopic (exact) mass is 433 g/mol. The van der Waals surface area contributed by atoms with Gasteiger partial charge in [-0.15, -0.1) is 0 Å². The van der Waals surface area contributed by atoms with E-state index in [-0.39, 0.29) is 24.2 Å². The fourth-order valence-electron chi connectivity index (χ4n) is 3.82. The van der Waals surface area contributed by atoms with Crippen LogP contribution >= 0.6 is 0 Å². The topological polar surface area (TPSA) is 65.2 Å². The van der Waals surface area contributed by atoms with Crippen molar-refractivity contribution in [1.82, 2.24) is 4.98 Å². The summed E-state index contributed by atoms with van der Waals surface area (Å²) in [6, 6.07) is 8.55. The van der Waals surface area contributed by atoms with Gasteiger partial charge in [-0.1, -0.05) is 12.1 Å². The van der Waals surface area contributed by atoms with Crippen molar-refractivity contribution in [1.29, 1.82) is 0 Å². The standard InChI is InChI=1S/C22H19F4N3O2/c1-12-3-2-4-18-19(12)20(30)15(10-27-18)21(31)28-17-6-5-14(9-16(17)22(24,25)26)29-8-7-13(23)11-29/h2-6,9-10,13H,7-8,11H2,1H3,(H,27,30)(H,28,31)/t13-/m0/s1. The highest BCUT2D eigenvalue weighted by Gasteiger charge is 2.35. The van der Waals surface area contributed by atoms with Gasteiger partial charge in [0.15, 0.2) is 0 Å². The van der Waals surface area contributed by atoms with E-state index in [1.54, 1.807) is 25.1 Å².